The van der Waals surface area contributed by atoms with Crippen LogP contribution in [0.25, 0.3) is 0 Å². The summed E-state index contributed by atoms with van der Waals surface area (Å²) in [5.41, 5.74) is 0.843. The van der Waals surface area contributed by atoms with Crippen LogP contribution in [-0.2, 0) is 9.84 Å². The van der Waals surface area contributed by atoms with Crippen LogP contribution in [-0.4, -0.2) is 13.7 Å². The second-order valence-electron chi connectivity index (χ2n) is 5.05. The van der Waals surface area contributed by atoms with Crippen molar-refractivity contribution >= 4 is 21.4 Å². The Labute approximate surface area is 128 Å². The van der Waals surface area contributed by atoms with Gasteiger partial charge >= 0.3 is 0 Å². The Morgan fingerprint density at radius 3 is 2.19 bits per heavy atom. The summed E-state index contributed by atoms with van der Waals surface area (Å²) in [5.74, 6) is -0.783. The van der Waals surface area contributed by atoms with Crippen molar-refractivity contribution in [2.24, 2.45) is 5.92 Å². The van der Waals surface area contributed by atoms with E-state index < -0.39 is 21.0 Å². The van der Waals surface area contributed by atoms with Crippen molar-refractivity contribution < 1.29 is 8.42 Å². The minimum absolute atomic E-state index is 0.270. The van der Waals surface area contributed by atoms with Crippen molar-refractivity contribution in [1.29, 1.82) is 5.26 Å². The first kappa shape index (κ1) is 14.1. The molecular formula is C16H12ClNO2S. The molecule has 2 aromatic rings. The summed E-state index contributed by atoms with van der Waals surface area (Å²) in [4.78, 5) is 0.270. The van der Waals surface area contributed by atoms with E-state index in [4.69, 9.17) is 11.6 Å². The van der Waals surface area contributed by atoms with E-state index in [2.05, 4.69) is 6.07 Å². The molecule has 0 bridgehead atoms. The molecular weight excluding hydrogens is 306 g/mol. The van der Waals surface area contributed by atoms with Crippen LogP contribution in [0.5, 0.6) is 0 Å². The fourth-order valence-electron chi connectivity index (χ4n) is 2.67. The molecule has 0 heterocycles. The van der Waals surface area contributed by atoms with Gasteiger partial charge in [0.25, 0.3) is 0 Å². The summed E-state index contributed by atoms with van der Waals surface area (Å²) in [7, 11) is -3.49. The van der Waals surface area contributed by atoms with E-state index in [1.807, 2.05) is 0 Å². The molecule has 5 heteroatoms. The minimum atomic E-state index is -3.49. The molecule has 0 aliphatic heterocycles. The molecule has 3 atom stereocenters. The zero-order valence-corrected chi connectivity index (χ0v) is 12.6. The molecule has 2 aromatic carbocycles. The number of nitrogens with zero attached hydrogens (tertiary/aromatic N) is 1. The highest BCUT2D eigenvalue weighted by molar-refractivity contribution is 7.92. The number of sulfone groups is 1. The molecule has 3 nitrogen and oxygen atoms in total. The van der Waals surface area contributed by atoms with Crippen molar-refractivity contribution in [3.05, 3.63) is 65.2 Å². The highest BCUT2D eigenvalue weighted by atomic mass is 35.5. The number of hydrogen-bond acceptors (Lipinski definition) is 3. The SMILES string of the molecule is N#C[C@@H]1[C@H](c2ccc(Cl)cc2)[C@@H]1S(=O)(=O)c1ccccc1. The largest absolute Gasteiger partial charge is 0.223 e. The first-order chi connectivity index (χ1) is 10.1. The smallest absolute Gasteiger partial charge is 0.183 e. The third-order valence-electron chi connectivity index (χ3n) is 3.79. The molecule has 0 N–H and O–H groups in total. The zero-order chi connectivity index (χ0) is 15.0. The van der Waals surface area contributed by atoms with Gasteiger partial charge in [0.05, 0.1) is 22.1 Å². The molecule has 106 valence electrons. The van der Waals surface area contributed by atoms with E-state index in [0.29, 0.717) is 5.02 Å². The van der Waals surface area contributed by atoms with Crippen molar-refractivity contribution in [1.82, 2.24) is 0 Å². The monoisotopic (exact) mass is 317 g/mol. The molecule has 21 heavy (non-hydrogen) atoms. The Morgan fingerprint density at radius 1 is 1.00 bits per heavy atom. The summed E-state index contributed by atoms with van der Waals surface area (Å²) < 4.78 is 25.3. The number of nitriles is 1. The van der Waals surface area contributed by atoms with Crippen LogP contribution in [0.2, 0.25) is 5.02 Å². The standard InChI is InChI=1S/C16H12ClNO2S/c17-12-8-6-11(7-9-12)15-14(10-18)16(15)21(19,20)13-4-2-1-3-5-13/h1-9,14-16H/t14-,15+,16-/m1/s1. The van der Waals surface area contributed by atoms with E-state index >= 15 is 0 Å². The summed E-state index contributed by atoms with van der Waals surface area (Å²) >= 11 is 5.85. The minimum Gasteiger partial charge on any atom is -0.223 e. The van der Waals surface area contributed by atoms with Crippen LogP contribution < -0.4 is 0 Å². The summed E-state index contributed by atoms with van der Waals surface area (Å²) in [5, 5.41) is 9.15. The summed E-state index contributed by atoms with van der Waals surface area (Å²) in [6, 6.07) is 17.4. The lowest BCUT2D eigenvalue weighted by Gasteiger charge is -2.03. The molecule has 1 fully saturated rings. The number of halogens is 1. The quantitative estimate of drug-likeness (QED) is 0.871. The predicted octanol–water partition coefficient (Wildman–Crippen LogP) is 3.42. The highest BCUT2D eigenvalue weighted by Crippen LogP contribution is 2.53. The topological polar surface area (TPSA) is 57.9 Å². The summed E-state index contributed by atoms with van der Waals surface area (Å²) in [6.07, 6.45) is 0. The summed E-state index contributed by atoms with van der Waals surface area (Å²) in [6.45, 7) is 0. The van der Waals surface area contributed by atoms with Crippen LogP contribution in [0.1, 0.15) is 11.5 Å². The molecule has 0 aromatic heterocycles. The highest BCUT2D eigenvalue weighted by Gasteiger charge is 2.59. The van der Waals surface area contributed by atoms with Gasteiger partial charge in [0.1, 0.15) is 0 Å². The van der Waals surface area contributed by atoms with Gasteiger partial charge in [-0.2, -0.15) is 5.26 Å². The van der Waals surface area contributed by atoms with Gasteiger partial charge in [-0.05, 0) is 29.8 Å². The molecule has 0 unspecified atom stereocenters. The lowest BCUT2D eigenvalue weighted by molar-refractivity contribution is 0.593. The molecule has 1 aliphatic carbocycles. The lowest BCUT2D eigenvalue weighted by atomic mass is 10.1. The Hall–Kier alpha value is -1.83. The molecule has 3 rings (SSSR count). The Bertz CT molecular complexity index is 794. The predicted molar refractivity (Wildman–Crippen MR) is 80.7 cm³/mol. The first-order valence-electron chi connectivity index (χ1n) is 6.50. The van der Waals surface area contributed by atoms with Gasteiger partial charge in [0, 0.05) is 10.9 Å². The average molecular weight is 318 g/mol. The molecule has 0 radical (unpaired) electrons. The van der Waals surface area contributed by atoms with Crippen LogP contribution in [0.15, 0.2) is 59.5 Å². The van der Waals surface area contributed by atoms with Crippen LogP contribution in [0.3, 0.4) is 0 Å². The lowest BCUT2D eigenvalue weighted by Crippen LogP contribution is -2.10. The van der Waals surface area contributed by atoms with Crippen LogP contribution in [0.4, 0.5) is 0 Å². The average Bonchev–Trinajstić information content (AvgIpc) is 3.24. The fourth-order valence-corrected chi connectivity index (χ4v) is 4.89. The number of hydrogen-bond donors (Lipinski definition) is 0. The fraction of sp³-hybridized carbons (Fsp3) is 0.188. The molecule has 0 saturated heterocycles. The molecule has 0 spiro atoms. The van der Waals surface area contributed by atoms with Gasteiger partial charge in [-0.1, -0.05) is 41.9 Å². The van der Waals surface area contributed by atoms with E-state index in [9.17, 15) is 13.7 Å². The maximum atomic E-state index is 12.6. The molecule has 0 amide bonds. The molecule has 1 aliphatic rings. The zero-order valence-electron chi connectivity index (χ0n) is 11.0. The third-order valence-corrected chi connectivity index (χ3v) is 6.27. The number of benzene rings is 2. The Morgan fingerprint density at radius 2 is 1.62 bits per heavy atom. The van der Waals surface area contributed by atoms with E-state index in [-0.39, 0.29) is 10.8 Å². The second kappa shape index (κ2) is 5.18. The Balaban J connectivity index is 1.96. The van der Waals surface area contributed by atoms with Gasteiger partial charge in [-0.3, -0.25) is 0 Å². The molecule has 1 saturated carbocycles. The van der Waals surface area contributed by atoms with Crippen molar-refractivity contribution in [2.45, 2.75) is 16.1 Å². The third kappa shape index (κ3) is 2.44. The van der Waals surface area contributed by atoms with Crippen molar-refractivity contribution in [3.63, 3.8) is 0 Å². The van der Waals surface area contributed by atoms with Gasteiger partial charge < -0.3 is 0 Å². The van der Waals surface area contributed by atoms with E-state index in [1.54, 1.807) is 54.6 Å². The van der Waals surface area contributed by atoms with Gasteiger partial charge in [-0.15, -0.1) is 0 Å². The second-order valence-corrected chi connectivity index (χ2v) is 7.60. The van der Waals surface area contributed by atoms with Crippen LogP contribution >= 0.6 is 11.6 Å². The van der Waals surface area contributed by atoms with Gasteiger partial charge in [-0.25, -0.2) is 8.42 Å². The van der Waals surface area contributed by atoms with E-state index in [1.165, 1.54) is 0 Å². The maximum absolute atomic E-state index is 12.6. The van der Waals surface area contributed by atoms with Crippen LogP contribution in [0, 0.1) is 17.2 Å². The Kier molecular flexibility index (Phi) is 3.48. The normalized spacial score (nSPS) is 24.3. The van der Waals surface area contributed by atoms with Gasteiger partial charge in [0.15, 0.2) is 9.84 Å². The van der Waals surface area contributed by atoms with Gasteiger partial charge in [0.2, 0.25) is 0 Å². The number of rotatable bonds is 3. The van der Waals surface area contributed by atoms with E-state index in [0.717, 1.165) is 5.56 Å². The van der Waals surface area contributed by atoms with Crippen molar-refractivity contribution in [2.75, 3.05) is 0 Å². The maximum Gasteiger partial charge on any atom is 0.183 e. The van der Waals surface area contributed by atoms with Crippen molar-refractivity contribution in [3.8, 4) is 6.07 Å². The first-order valence-corrected chi connectivity index (χ1v) is 8.42.